The van der Waals surface area contributed by atoms with Crippen LogP contribution in [0.1, 0.15) is 44.9 Å². The summed E-state index contributed by atoms with van der Waals surface area (Å²) in [6, 6.07) is -0.303. The van der Waals surface area contributed by atoms with E-state index in [4.69, 9.17) is 0 Å². The van der Waals surface area contributed by atoms with Gasteiger partial charge in [0.1, 0.15) is 0 Å². The summed E-state index contributed by atoms with van der Waals surface area (Å²) in [4.78, 5) is 0. The Hall–Kier alpha value is -0.170. The number of nitrogens with one attached hydrogen (secondary N) is 1. The van der Waals surface area contributed by atoms with Crippen molar-refractivity contribution < 1.29 is 13.5 Å². The summed E-state index contributed by atoms with van der Waals surface area (Å²) in [6.07, 6.45) is 5.85. The standard InChI is InChI=1S/C11H22N2O3S/c14-11-7-3-1-2-6-10(11)12-17(15,16)13-8-4-5-9-13/h10-12,14H,1-9H2. The van der Waals surface area contributed by atoms with Crippen molar-refractivity contribution >= 4 is 10.2 Å². The average Bonchev–Trinajstić information content (AvgIpc) is 2.74. The van der Waals surface area contributed by atoms with Crippen molar-refractivity contribution in [3.05, 3.63) is 0 Å². The molecule has 0 bridgehead atoms. The van der Waals surface area contributed by atoms with E-state index in [1.807, 2.05) is 0 Å². The molecule has 2 aliphatic rings. The number of hydrogen-bond acceptors (Lipinski definition) is 3. The largest absolute Gasteiger partial charge is 0.391 e. The number of nitrogens with zero attached hydrogens (tertiary/aromatic N) is 1. The molecule has 2 fully saturated rings. The van der Waals surface area contributed by atoms with Crippen LogP contribution in [-0.2, 0) is 10.2 Å². The van der Waals surface area contributed by atoms with Crippen LogP contribution in [0.25, 0.3) is 0 Å². The van der Waals surface area contributed by atoms with Crippen LogP contribution >= 0.6 is 0 Å². The summed E-state index contributed by atoms with van der Waals surface area (Å²) >= 11 is 0. The highest BCUT2D eigenvalue weighted by Gasteiger charge is 2.31. The molecule has 0 amide bonds. The SMILES string of the molecule is O=S(=O)(NC1CCCCCC1O)N1CCCC1. The second-order valence-electron chi connectivity index (χ2n) is 5.04. The molecular formula is C11H22N2O3S. The van der Waals surface area contributed by atoms with E-state index in [0.717, 1.165) is 38.5 Å². The Kier molecular flexibility index (Phi) is 4.41. The molecule has 1 saturated carbocycles. The molecule has 0 aromatic heterocycles. The van der Waals surface area contributed by atoms with Crippen LogP contribution < -0.4 is 4.72 Å². The van der Waals surface area contributed by atoms with Gasteiger partial charge >= 0.3 is 0 Å². The van der Waals surface area contributed by atoms with E-state index in [9.17, 15) is 13.5 Å². The Morgan fingerprint density at radius 3 is 2.35 bits per heavy atom. The highest BCUT2D eigenvalue weighted by molar-refractivity contribution is 7.87. The van der Waals surface area contributed by atoms with E-state index in [1.165, 1.54) is 4.31 Å². The minimum Gasteiger partial charge on any atom is -0.391 e. The number of rotatable bonds is 3. The zero-order valence-electron chi connectivity index (χ0n) is 10.1. The second-order valence-corrected chi connectivity index (χ2v) is 6.74. The summed E-state index contributed by atoms with van der Waals surface area (Å²) in [5.41, 5.74) is 0. The molecule has 1 aliphatic heterocycles. The average molecular weight is 262 g/mol. The van der Waals surface area contributed by atoms with Crippen LogP contribution in [0.5, 0.6) is 0 Å². The van der Waals surface area contributed by atoms with Gasteiger partial charge in [0, 0.05) is 19.1 Å². The van der Waals surface area contributed by atoms with Gasteiger partial charge in [-0.1, -0.05) is 19.3 Å². The van der Waals surface area contributed by atoms with Gasteiger partial charge in [-0.15, -0.1) is 0 Å². The Morgan fingerprint density at radius 2 is 1.65 bits per heavy atom. The van der Waals surface area contributed by atoms with Gasteiger partial charge < -0.3 is 5.11 Å². The fourth-order valence-corrected chi connectivity index (χ4v) is 4.17. The number of hydrogen-bond donors (Lipinski definition) is 2. The summed E-state index contributed by atoms with van der Waals surface area (Å²) in [6.45, 7) is 1.22. The first-order valence-corrected chi connectivity index (χ1v) is 7.99. The van der Waals surface area contributed by atoms with Crippen LogP contribution in [0.4, 0.5) is 0 Å². The topological polar surface area (TPSA) is 69.6 Å². The first-order valence-electron chi connectivity index (χ1n) is 6.55. The normalized spacial score (nSPS) is 32.5. The van der Waals surface area contributed by atoms with Crippen molar-refractivity contribution in [3.63, 3.8) is 0 Å². The van der Waals surface area contributed by atoms with Crippen LogP contribution in [0, 0.1) is 0 Å². The van der Waals surface area contributed by atoms with Crippen molar-refractivity contribution in [2.75, 3.05) is 13.1 Å². The zero-order valence-corrected chi connectivity index (χ0v) is 11.0. The van der Waals surface area contributed by atoms with Crippen LogP contribution in [-0.4, -0.2) is 43.1 Å². The summed E-state index contributed by atoms with van der Waals surface area (Å²) in [5, 5.41) is 9.91. The van der Waals surface area contributed by atoms with Gasteiger partial charge in [-0.25, -0.2) is 0 Å². The van der Waals surface area contributed by atoms with Gasteiger partial charge in [0.25, 0.3) is 10.2 Å². The van der Waals surface area contributed by atoms with Gasteiger partial charge in [-0.05, 0) is 25.7 Å². The highest BCUT2D eigenvalue weighted by atomic mass is 32.2. The van der Waals surface area contributed by atoms with E-state index in [1.54, 1.807) is 0 Å². The molecule has 5 nitrogen and oxygen atoms in total. The van der Waals surface area contributed by atoms with Crippen molar-refractivity contribution in [3.8, 4) is 0 Å². The van der Waals surface area contributed by atoms with E-state index in [0.29, 0.717) is 19.5 Å². The van der Waals surface area contributed by atoms with E-state index in [2.05, 4.69) is 4.72 Å². The van der Waals surface area contributed by atoms with Crippen LogP contribution in [0.15, 0.2) is 0 Å². The van der Waals surface area contributed by atoms with Gasteiger partial charge in [-0.3, -0.25) is 0 Å². The monoisotopic (exact) mass is 262 g/mol. The molecule has 17 heavy (non-hydrogen) atoms. The smallest absolute Gasteiger partial charge is 0.279 e. The maximum atomic E-state index is 12.1. The Bertz CT molecular complexity index is 339. The molecule has 2 N–H and O–H groups in total. The molecule has 0 radical (unpaired) electrons. The van der Waals surface area contributed by atoms with Crippen LogP contribution in [0.2, 0.25) is 0 Å². The van der Waals surface area contributed by atoms with Crippen molar-refractivity contribution in [1.29, 1.82) is 0 Å². The summed E-state index contributed by atoms with van der Waals surface area (Å²) in [7, 11) is -3.39. The maximum Gasteiger partial charge on any atom is 0.279 e. The van der Waals surface area contributed by atoms with E-state index < -0.39 is 16.3 Å². The summed E-state index contributed by atoms with van der Waals surface area (Å²) < 4.78 is 28.3. The first kappa shape index (κ1) is 13.3. The van der Waals surface area contributed by atoms with Crippen molar-refractivity contribution in [2.45, 2.75) is 57.1 Å². The van der Waals surface area contributed by atoms with Gasteiger partial charge in [0.15, 0.2) is 0 Å². The minimum atomic E-state index is -3.39. The third-order valence-electron chi connectivity index (χ3n) is 3.68. The van der Waals surface area contributed by atoms with E-state index >= 15 is 0 Å². The lowest BCUT2D eigenvalue weighted by atomic mass is 10.1. The van der Waals surface area contributed by atoms with E-state index in [-0.39, 0.29) is 6.04 Å². The Morgan fingerprint density at radius 1 is 1.00 bits per heavy atom. The molecule has 1 saturated heterocycles. The van der Waals surface area contributed by atoms with Gasteiger partial charge in [0.05, 0.1) is 6.10 Å². The zero-order chi connectivity index (χ0) is 12.3. The lowest BCUT2D eigenvalue weighted by Crippen LogP contribution is -2.48. The lowest BCUT2D eigenvalue weighted by Gasteiger charge is -2.24. The second kappa shape index (κ2) is 5.65. The summed E-state index contributed by atoms with van der Waals surface area (Å²) in [5.74, 6) is 0. The molecule has 2 rings (SSSR count). The molecule has 100 valence electrons. The van der Waals surface area contributed by atoms with Gasteiger partial charge in [-0.2, -0.15) is 17.4 Å². The molecule has 0 aromatic rings. The van der Waals surface area contributed by atoms with Crippen LogP contribution in [0.3, 0.4) is 0 Å². The predicted octanol–water partition coefficient (Wildman–Crippen LogP) is 0.610. The maximum absolute atomic E-state index is 12.1. The quantitative estimate of drug-likeness (QED) is 0.732. The fraction of sp³-hybridized carbons (Fsp3) is 1.00. The Balaban J connectivity index is 1.98. The molecule has 2 unspecified atom stereocenters. The highest BCUT2D eigenvalue weighted by Crippen LogP contribution is 2.20. The fourth-order valence-electron chi connectivity index (χ4n) is 2.62. The van der Waals surface area contributed by atoms with Crippen molar-refractivity contribution in [2.24, 2.45) is 0 Å². The first-order chi connectivity index (χ1) is 8.09. The molecule has 1 heterocycles. The number of aliphatic hydroxyl groups is 1. The third-order valence-corrected chi connectivity index (χ3v) is 5.33. The van der Waals surface area contributed by atoms with Crippen molar-refractivity contribution in [1.82, 2.24) is 9.03 Å². The molecular weight excluding hydrogens is 240 g/mol. The molecule has 1 aliphatic carbocycles. The number of aliphatic hydroxyl groups excluding tert-OH is 1. The lowest BCUT2D eigenvalue weighted by molar-refractivity contribution is 0.129. The minimum absolute atomic E-state index is 0.303. The third kappa shape index (κ3) is 3.40. The molecule has 0 aromatic carbocycles. The molecule has 6 heteroatoms. The predicted molar refractivity (Wildman–Crippen MR) is 65.7 cm³/mol. The molecule has 0 spiro atoms. The molecule has 2 atom stereocenters. The van der Waals surface area contributed by atoms with Gasteiger partial charge in [0.2, 0.25) is 0 Å². The Labute approximate surface area is 103 Å².